The van der Waals surface area contributed by atoms with Crippen molar-refractivity contribution in [3.8, 4) is 6.07 Å². The average Bonchev–Trinajstić information content (AvgIpc) is 1.81. The molecule has 0 heterocycles. The maximum absolute atomic E-state index is 12.2. The lowest BCUT2D eigenvalue weighted by molar-refractivity contribution is 0.0710. The molecule has 0 amide bonds. The van der Waals surface area contributed by atoms with Crippen molar-refractivity contribution in [1.29, 1.82) is 5.26 Å². The summed E-state index contributed by atoms with van der Waals surface area (Å²) < 4.78 is 12.2. The van der Waals surface area contributed by atoms with Gasteiger partial charge in [0.15, 0.2) is 0 Å². The molecule has 0 atom stereocenters. The van der Waals surface area contributed by atoms with Gasteiger partial charge in [0.25, 0.3) is 0 Å². The SMILES string of the molecule is CCC1(C#N)CC(F)C1. The number of nitriles is 1. The van der Waals surface area contributed by atoms with E-state index in [4.69, 9.17) is 5.26 Å². The van der Waals surface area contributed by atoms with Gasteiger partial charge >= 0.3 is 0 Å². The van der Waals surface area contributed by atoms with E-state index >= 15 is 0 Å². The van der Waals surface area contributed by atoms with Crippen LogP contribution in [0.3, 0.4) is 0 Å². The molecule has 50 valence electrons. The van der Waals surface area contributed by atoms with Crippen molar-refractivity contribution in [2.75, 3.05) is 0 Å². The van der Waals surface area contributed by atoms with Gasteiger partial charge in [-0.05, 0) is 19.3 Å². The maximum atomic E-state index is 12.2. The summed E-state index contributed by atoms with van der Waals surface area (Å²) in [4.78, 5) is 0. The summed E-state index contributed by atoms with van der Waals surface area (Å²) in [7, 11) is 0. The summed E-state index contributed by atoms with van der Waals surface area (Å²) in [6, 6.07) is 2.15. The van der Waals surface area contributed by atoms with Crippen LogP contribution in [-0.4, -0.2) is 6.17 Å². The highest BCUT2D eigenvalue weighted by Crippen LogP contribution is 2.44. The molecule has 0 aromatic heterocycles. The molecule has 1 nitrogen and oxygen atoms in total. The van der Waals surface area contributed by atoms with Crippen LogP contribution in [-0.2, 0) is 0 Å². The molecule has 1 fully saturated rings. The number of halogens is 1. The predicted molar refractivity (Wildman–Crippen MR) is 32.5 cm³/mol. The highest BCUT2D eigenvalue weighted by atomic mass is 19.1. The van der Waals surface area contributed by atoms with Crippen molar-refractivity contribution < 1.29 is 4.39 Å². The van der Waals surface area contributed by atoms with Crippen molar-refractivity contribution in [2.45, 2.75) is 32.4 Å². The summed E-state index contributed by atoms with van der Waals surface area (Å²) in [5, 5.41) is 8.54. The number of alkyl halides is 1. The third kappa shape index (κ3) is 0.917. The van der Waals surface area contributed by atoms with E-state index < -0.39 is 6.17 Å². The fourth-order valence-corrected chi connectivity index (χ4v) is 1.25. The third-order valence-electron chi connectivity index (χ3n) is 2.14. The first-order valence-electron chi connectivity index (χ1n) is 3.28. The van der Waals surface area contributed by atoms with Crippen LogP contribution in [0.25, 0.3) is 0 Å². The van der Waals surface area contributed by atoms with Crippen LogP contribution in [0.4, 0.5) is 4.39 Å². The lowest BCUT2D eigenvalue weighted by Crippen LogP contribution is -2.36. The Morgan fingerprint density at radius 1 is 1.78 bits per heavy atom. The molecular weight excluding hydrogens is 117 g/mol. The molecule has 0 aliphatic heterocycles. The fraction of sp³-hybridized carbons (Fsp3) is 0.857. The average molecular weight is 127 g/mol. The molecule has 1 rings (SSSR count). The summed E-state index contributed by atoms with van der Waals surface area (Å²) in [5.74, 6) is 0. The Balaban J connectivity index is 2.48. The molecule has 0 radical (unpaired) electrons. The summed E-state index contributed by atoms with van der Waals surface area (Å²) >= 11 is 0. The van der Waals surface area contributed by atoms with Gasteiger partial charge in [0, 0.05) is 0 Å². The van der Waals surface area contributed by atoms with Gasteiger partial charge in [-0.1, -0.05) is 6.92 Å². The Kier molecular flexibility index (Phi) is 1.44. The first kappa shape index (κ1) is 6.54. The van der Waals surface area contributed by atoms with Crippen LogP contribution in [0.15, 0.2) is 0 Å². The van der Waals surface area contributed by atoms with Gasteiger partial charge in [-0.25, -0.2) is 4.39 Å². The molecule has 0 bridgehead atoms. The maximum Gasteiger partial charge on any atom is 0.103 e. The van der Waals surface area contributed by atoms with E-state index in [0.29, 0.717) is 12.8 Å². The van der Waals surface area contributed by atoms with Gasteiger partial charge < -0.3 is 0 Å². The smallest absolute Gasteiger partial charge is 0.103 e. The summed E-state index contributed by atoms with van der Waals surface area (Å²) in [6.07, 6.45) is 1.01. The normalized spacial score (nSPS) is 41.2. The Labute approximate surface area is 54.5 Å². The van der Waals surface area contributed by atoms with E-state index in [-0.39, 0.29) is 5.41 Å². The van der Waals surface area contributed by atoms with Crippen molar-refractivity contribution in [3.63, 3.8) is 0 Å². The Hall–Kier alpha value is -0.580. The Morgan fingerprint density at radius 3 is 2.44 bits per heavy atom. The summed E-state index contributed by atoms with van der Waals surface area (Å²) in [6.45, 7) is 1.94. The van der Waals surface area contributed by atoms with Gasteiger partial charge in [-0.2, -0.15) is 5.26 Å². The largest absolute Gasteiger partial charge is 0.247 e. The van der Waals surface area contributed by atoms with Gasteiger partial charge in [-0.3, -0.25) is 0 Å². The monoisotopic (exact) mass is 127 g/mol. The molecule has 0 unspecified atom stereocenters. The molecule has 0 spiro atoms. The number of hydrogen-bond donors (Lipinski definition) is 0. The van der Waals surface area contributed by atoms with Crippen molar-refractivity contribution in [2.24, 2.45) is 5.41 Å². The molecule has 1 saturated carbocycles. The minimum atomic E-state index is -0.704. The highest BCUT2D eigenvalue weighted by molar-refractivity contribution is 5.07. The van der Waals surface area contributed by atoms with Crippen molar-refractivity contribution >= 4 is 0 Å². The minimum absolute atomic E-state index is 0.292. The molecule has 0 aromatic carbocycles. The quantitative estimate of drug-likeness (QED) is 0.528. The Bertz CT molecular complexity index is 141. The van der Waals surface area contributed by atoms with Crippen LogP contribution in [0.2, 0.25) is 0 Å². The highest BCUT2D eigenvalue weighted by Gasteiger charge is 2.43. The topological polar surface area (TPSA) is 23.8 Å². The molecule has 2 heteroatoms. The number of nitrogens with zero attached hydrogens (tertiary/aromatic N) is 1. The number of rotatable bonds is 1. The zero-order valence-corrected chi connectivity index (χ0v) is 5.52. The molecule has 0 saturated heterocycles. The molecule has 1 aliphatic rings. The second kappa shape index (κ2) is 1.98. The minimum Gasteiger partial charge on any atom is -0.247 e. The van der Waals surface area contributed by atoms with Crippen LogP contribution < -0.4 is 0 Å². The standard InChI is InChI=1S/C7H10FN/c1-2-7(5-9)3-6(8)4-7/h6H,2-4H2,1H3. The molecule has 9 heavy (non-hydrogen) atoms. The first-order valence-corrected chi connectivity index (χ1v) is 3.28. The first-order chi connectivity index (χ1) is 4.22. The predicted octanol–water partition coefficient (Wildman–Crippen LogP) is 2.04. The zero-order chi connectivity index (χ0) is 6.91. The second-order valence-electron chi connectivity index (χ2n) is 2.75. The second-order valence-corrected chi connectivity index (χ2v) is 2.75. The Morgan fingerprint density at radius 2 is 2.33 bits per heavy atom. The van der Waals surface area contributed by atoms with Gasteiger partial charge in [0.05, 0.1) is 11.5 Å². The van der Waals surface area contributed by atoms with E-state index in [9.17, 15) is 4.39 Å². The number of hydrogen-bond acceptors (Lipinski definition) is 1. The van der Waals surface area contributed by atoms with Crippen LogP contribution >= 0.6 is 0 Å². The van der Waals surface area contributed by atoms with Gasteiger partial charge in [-0.15, -0.1) is 0 Å². The van der Waals surface area contributed by atoms with Crippen molar-refractivity contribution in [3.05, 3.63) is 0 Å². The lowest BCUT2D eigenvalue weighted by Gasteiger charge is -2.37. The zero-order valence-electron chi connectivity index (χ0n) is 5.52. The lowest BCUT2D eigenvalue weighted by atomic mass is 9.67. The van der Waals surface area contributed by atoms with E-state index in [1.165, 1.54) is 0 Å². The van der Waals surface area contributed by atoms with Gasteiger partial charge in [0.1, 0.15) is 6.17 Å². The molecule has 1 aliphatic carbocycles. The molecule has 0 N–H and O–H groups in total. The third-order valence-corrected chi connectivity index (χ3v) is 2.14. The van der Waals surface area contributed by atoms with E-state index in [1.807, 2.05) is 6.92 Å². The van der Waals surface area contributed by atoms with Crippen LogP contribution in [0, 0.1) is 16.7 Å². The molecule has 0 aromatic rings. The molecular formula is C7H10FN. The van der Waals surface area contributed by atoms with Crippen molar-refractivity contribution in [1.82, 2.24) is 0 Å². The van der Waals surface area contributed by atoms with E-state index in [0.717, 1.165) is 6.42 Å². The van der Waals surface area contributed by atoms with E-state index in [2.05, 4.69) is 6.07 Å². The van der Waals surface area contributed by atoms with Gasteiger partial charge in [0.2, 0.25) is 0 Å². The van der Waals surface area contributed by atoms with Crippen LogP contribution in [0.5, 0.6) is 0 Å². The van der Waals surface area contributed by atoms with Crippen LogP contribution in [0.1, 0.15) is 26.2 Å². The van der Waals surface area contributed by atoms with E-state index in [1.54, 1.807) is 0 Å². The summed E-state index contributed by atoms with van der Waals surface area (Å²) in [5.41, 5.74) is -0.292. The fourth-order valence-electron chi connectivity index (χ4n) is 1.25.